The van der Waals surface area contributed by atoms with Gasteiger partial charge < -0.3 is 15.0 Å². The molecular weight excluding hydrogens is 364 g/mol. The minimum absolute atomic E-state index is 0.208. The van der Waals surface area contributed by atoms with Crippen LogP contribution in [0.1, 0.15) is 52.4 Å². The van der Waals surface area contributed by atoms with E-state index in [1.54, 1.807) is 13.0 Å². The van der Waals surface area contributed by atoms with Crippen LogP contribution >= 0.6 is 0 Å². The van der Waals surface area contributed by atoms with Gasteiger partial charge in [-0.3, -0.25) is 18.7 Å². The van der Waals surface area contributed by atoms with Gasteiger partial charge in [0.05, 0.1) is 5.56 Å². The molecule has 9 nitrogen and oxygen atoms in total. The molecule has 2 N–H and O–H groups in total. The third-order valence-electron chi connectivity index (χ3n) is 4.75. The van der Waals surface area contributed by atoms with Crippen molar-refractivity contribution in [2.75, 3.05) is 12.3 Å². The van der Waals surface area contributed by atoms with Crippen LogP contribution in [0, 0.1) is 13.8 Å². The standard InChI is InChI=1S/C19H26N4O5/c1-6-8-23-16(20)15(17(25)21(5)19(23)27)14(24)10-28-18(26)13-9-11(3)22(7-2)12(13)4/h9H,6-8,10,20H2,1-5H3. The van der Waals surface area contributed by atoms with Crippen LogP contribution in [0.3, 0.4) is 0 Å². The van der Waals surface area contributed by atoms with E-state index in [1.807, 2.05) is 25.3 Å². The normalized spacial score (nSPS) is 10.9. The molecule has 2 heterocycles. The second-order valence-electron chi connectivity index (χ2n) is 6.59. The number of nitrogens with two attached hydrogens (primary N) is 1. The monoisotopic (exact) mass is 390 g/mol. The Labute approximate surface area is 162 Å². The molecule has 0 saturated carbocycles. The number of Topliss-reactive ketones (excluding diaryl/α,β-unsaturated/α-hetero) is 1. The number of aryl methyl sites for hydroxylation is 1. The number of nitrogens with zero attached hydrogens (tertiary/aromatic N) is 3. The number of anilines is 1. The molecule has 0 atom stereocenters. The van der Waals surface area contributed by atoms with Gasteiger partial charge in [-0.1, -0.05) is 6.92 Å². The minimum Gasteiger partial charge on any atom is -0.454 e. The first-order valence-corrected chi connectivity index (χ1v) is 9.11. The lowest BCUT2D eigenvalue weighted by molar-refractivity contribution is 0.0473. The molecule has 28 heavy (non-hydrogen) atoms. The number of carbonyl (C=O) groups excluding carboxylic acids is 2. The lowest BCUT2D eigenvalue weighted by Crippen LogP contribution is -2.43. The number of esters is 1. The topological polar surface area (TPSA) is 118 Å². The van der Waals surface area contributed by atoms with E-state index in [1.165, 1.54) is 11.6 Å². The van der Waals surface area contributed by atoms with Gasteiger partial charge in [0.1, 0.15) is 11.4 Å². The van der Waals surface area contributed by atoms with Crippen LogP contribution in [0.25, 0.3) is 0 Å². The van der Waals surface area contributed by atoms with Gasteiger partial charge in [0.15, 0.2) is 6.61 Å². The number of ketones is 1. The molecule has 0 aromatic carbocycles. The average Bonchev–Trinajstić information content (AvgIpc) is 2.95. The van der Waals surface area contributed by atoms with Crippen LogP contribution in [0.5, 0.6) is 0 Å². The predicted molar refractivity (Wildman–Crippen MR) is 105 cm³/mol. The molecule has 0 bridgehead atoms. The summed E-state index contributed by atoms with van der Waals surface area (Å²) in [5.74, 6) is -1.61. The number of hydrogen-bond acceptors (Lipinski definition) is 6. The fourth-order valence-corrected chi connectivity index (χ4v) is 3.26. The van der Waals surface area contributed by atoms with Crippen molar-refractivity contribution >= 4 is 17.6 Å². The maximum absolute atomic E-state index is 12.6. The molecule has 2 rings (SSSR count). The quantitative estimate of drug-likeness (QED) is 0.557. The molecule has 152 valence electrons. The Morgan fingerprint density at radius 1 is 1.14 bits per heavy atom. The highest BCUT2D eigenvalue weighted by molar-refractivity contribution is 6.02. The molecule has 0 saturated heterocycles. The summed E-state index contributed by atoms with van der Waals surface area (Å²) in [6.45, 7) is 7.80. The summed E-state index contributed by atoms with van der Waals surface area (Å²) in [6, 6.07) is 1.69. The van der Waals surface area contributed by atoms with Crippen molar-refractivity contribution < 1.29 is 14.3 Å². The van der Waals surface area contributed by atoms with Gasteiger partial charge in [0.2, 0.25) is 5.78 Å². The molecule has 0 fully saturated rings. The molecule has 0 aliphatic carbocycles. The van der Waals surface area contributed by atoms with Crippen LogP contribution in [0.15, 0.2) is 15.7 Å². The van der Waals surface area contributed by atoms with Crippen LogP contribution in [-0.4, -0.2) is 32.1 Å². The van der Waals surface area contributed by atoms with Crippen molar-refractivity contribution in [3.63, 3.8) is 0 Å². The Kier molecular flexibility index (Phi) is 6.27. The van der Waals surface area contributed by atoms with Gasteiger partial charge in [-0.25, -0.2) is 9.59 Å². The Hall–Kier alpha value is -3.10. The Morgan fingerprint density at radius 2 is 1.79 bits per heavy atom. The van der Waals surface area contributed by atoms with Crippen LogP contribution in [0.4, 0.5) is 5.82 Å². The molecule has 0 aliphatic heterocycles. The second kappa shape index (κ2) is 8.28. The highest BCUT2D eigenvalue weighted by atomic mass is 16.5. The summed E-state index contributed by atoms with van der Waals surface area (Å²) in [4.78, 5) is 49.5. The average molecular weight is 390 g/mol. The maximum Gasteiger partial charge on any atom is 0.340 e. The van der Waals surface area contributed by atoms with E-state index in [0.717, 1.165) is 16.0 Å². The molecule has 0 spiro atoms. The summed E-state index contributed by atoms with van der Waals surface area (Å²) >= 11 is 0. The molecule has 2 aromatic rings. The molecular formula is C19H26N4O5. The zero-order chi connectivity index (χ0) is 21.2. The van der Waals surface area contributed by atoms with Crippen LogP contribution in [-0.2, 0) is 24.9 Å². The van der Waals surface area contributed by atoms with Crippen LogP contribution in [0.2, 0.25) is 0 Å². The Morgan fingerprint density at radius 3 is 2.32 bits per heavy atom. The van der Waals surface area contributed by atoms with Gasteiger partial charge in [-0.15, -0.1) is 0 Å². The van der Waals surface area contributed by atoms with Gasteiger partial charge in [-0.05, 0) is 33.3 Å². The highest BCUT2D eigenvalue weighted by Gasteiger charge is 2.23. The van der Waals surface area contributed by atoms with E-state index in [-0.39, 0.29) is 17.9 Å². The Balaban J connectivity index is 2.30. The summed E-state index contributed by atoms with van der Waals surface area (Å²) in [5.41, 5.74) is 6.18. The Bertz CT molecular complexity index is 1040. The first-order valence-electron chi connectivity index (χ1n) is 9.11. The third-order valence-corrected chi connectivity index (χ3v) is 4.75. The van der Waals surface area contributed by atoms with Crippen molar-refractivity contribution in [2.45, 2.75) is 47.2 Å². The predicted octanol–water partition coefficient (Wildman–Crippen LogP) is 1.02. The lowest BCUT2D eigenvalue weighted by Gasteiger charge is -2.13. The number of rotatable bonds is 7. The number of ether oxygens (including phenoxy) is 1. The number of hydrogen-bond donors (Lipinski definition) is 1. The zero-order valence-electron chi connectivity index (χ0n) is 16.9. The van der Waals surface area contributed by atoms with Crippen molar-refractivity contribution in [2.24, 2.45) is 7.05 Å². The van der Waals surface area contributed by atoms with Crippen molar-refractivity contribution in [1.82, 2.24) is 13.7 Å². The largest absolute Gasteiger partial charge is 0.454 e. The minimum atomic E-state index is -0.805. The lowest BCUT2D eigenvalue weighted by atomic mass is 10.2. The highest BCUT2D eigenvalue weighted by Crippen LogP contribution is 2.16. The number of nitrogen functional groups attached to an aromatic ring is 1. The summed E-state index contributed by atoms with van der Waals surface area (Å²) in [5, 5.41) is 0. The fourth-order valence-electron chi connectivity index (χ4n) is 3.26. The van der Waals surface area contributed by atoms with E-state index in [9.17, 15) is 19.2 Å². The zero-order valence-corrected chi connectivity index (χ0v) is 16.9. The van der Waals surface area contributed by atoms with Crippen LogP contribution < -0.4 is 17.0 Å². The third kappa shape index (κ3) is 3.64. The van der Waals surface area contributed by atoms with E-state index >= 15 is 0 Å². The molecule has 0 aliphatic rings. The van der Waals surface area contributed by atoms with E-state index in [0.29, 0.717) is 18.5 Å². The van der Waals surface area contributed by atoms with E-state index in [2.05, 4.69) is 0 Å². The van der Waals surface area contributed by atoms with E-state index < -0.39 is 29.6 Å². The molecule has 2 aromatic heterocycles. The number of aromatic nitrogens is 3. The molecule has 0 amide bonds. The smallest absolute Gasteiger partial charge is 0.340 e. The molecule has 9 heteroatoms. The molecule has 0 radical (unpaired) electrons. The number of carbonyl (C=O) groups is 2. The van der Waals surface area contributed by atoms with Gasteiger partial charge in [0, 0.05) is 31.5 Å². The maximum atomic E-state index is 12.6. The van der Waals surface area contributed by atoms with Gasteiger partial charge in [-0.2, -0.15) is 0 Å². The first kappa shape index (κ1) is 21.2. The first-order chi connectivity index (χ1) is 13.1. The summed E-state index contributed by atoms with van der Waals surface area (Å²) < 4.78 is 9.08. The second-order valence-corrected chi connectivity index (χ2v) is 6.59. The van der Waals surface area contributed by atoms with Crippen molar-refractivity contribution in [3.8, 4) is 0 Å². The van der Waals surface area contributed by atoms with Gasteiger partial charge >= 0.3 is 11.7 Å². The summed E-state index contributed by atoms with van der Waals surface area (Å²) in [6.07, 6.45) is 0.595. The van der Waals surface area contributed by atoms with E-state index in [4.69, 9.17) is 10.5 Å². The van der Waals surface area contributed by atoms with Crippen molar-refractivity contribution in [1.29, 1.82) is 0 Å². The molecule has 0 unspecified atom stereocenters. The SMILES string of the molecule is CCCn1c(N)c(C(=O)COC(=O)c2cc(C)n(CC)c2C)c(=O)n(C)c1=O. The fraction of sp³-hybridized carbons (Fsp3) is 0.474. The van der Waals surface area contributed by atoms with Gasteiger partial charge in [0.25, 0.3) is 5.56 Å². The summed E-state index contributed by atoms with van der Waals surface area (Å²) in [7, 11) is 1.28. The van der Waals surface area contributed by atoms with Crippen molar-refractivity contribution in [3.05, 3.63) is 49.4 Å².